The Morgan fingerprint density at radius 3 is 2.67 bits per heavy atom. The molecule has 1 saturated heterocycles. The molecule has 0 radical (unpaired) electrons. The lowest BCUT2D eigenvalue weighted by Crippen LogP contribution is -2.52. The fourth-order valence-electron chi connectivity index (χ4n) is 2.45. The van der Waals surface area contributed by atoms with Gasteiger partial charge in [0.15, 0.2) is 0 Å². The van der Waals surface area contributed by atoms with Crippen LogP contribution in [0.1, 0.15) is 12.0 Å². The highest BCUT2D eigenvalue weighted by atomic mass is 35.5. The maximum Gasteiger partial charge on any atom is 0.407 e. The first-order valence-corrected chi connectivity index (χ1v) is 7.58. The standard InChI is InChI=1S/C16H22N2O5.ClH/c1-22-15(19)10-12-2-4-14(5-3-12)23-9-6-13-11-18(16(20)21)8-7-17-13;/h2-5,13,17H,6-11H2,1H3,(H,20,21);1H/t13-;/m1./s1. The predicted molar refractivity (Wildman–Crippen MR) is 90.9 cm³/mol. The normalized spacial score (nSPS) is 16.9. The van der Waals surface area contributed by atoms with Crippen LogP contribution in [0.15, 0.2) is 24.3 Å². The lowest BCUT2D eigenvalue weighted by molar-refractivity contribution is -0.139. The van der Waals surface area contributed by atoms with Crippen LogP contribution >= 0.6 is 12.4 Å². The van der Waals surface area contributed by atoms with Crippen LogP contribution in [-0.4, -0.2) is 61.5 Å². The van der Waals surface area contributed by atoms with Gasteiger partial charge in [0.25, 0.3) is 0 Å². The summed E-state index contributed by atoms with van der Waals surface area (Å²) in [6, 6.07) is 7.40. The van der Waals surface area contributed by atoms with Crippen LogP contribution in [0.25, 0.3) is 0 Å². The predicted octanol–water partition coefficient (Wildman–Crippen LogP) is 1.54. The van der Waals surface area contributed by atoms with Crippen molar-refractivity contribution in [1.29, 1.82) is 0 Å². The maximum absolute atomic E-state index is 11.2. The highest BCUT2D eigenvalue weighted by Gasteiger charge is 2.22. The van der Waals surface area contributed by atoms with E-state index in [2.05, 4.69) is 10.1 Å². The summed E-state index contributed by atoms with van der Waals surface area (Å²) in [6.45, 7) is 2.17. The van der Waals surface area contributed by atoms with E-state index in [-0.39, 0.29) is 30.8 Å². The van der Waals surface area contributed by atoms with Crippen LogP contribution in [0.2, 0.25) is 0 Å². The quantitative estimate of drug-likeness (QED) is 0.750. The highest BCUT2D eigenvalue weighted by Crippen LogP contribution is 2.14. The summed E-state index contributed by atoms with van der Waals surface area (Å²) in [5.41, 5.74) is 0.871. The van der Waals surface area contributed by atoms with E-state index in [9.17, 15) is 9.59 Å². The minimum atomic E-state index is -0.876. The SMILES string of the molecule is COC(=O)Cc1ccc(OCC[C@@H]2CN(C(=O)O)CCN2)cc1.Cl. The van der Waals surface area contributed by atoms with Crippen molar-refractivity contribution >= 4 is 24.5 Å². The van der Waals surface area contributed by atoms with Crippen molar-refractivity contribution in [2.45, 2.75) is 18.9 Å². The Hall–Kier alpha value is -1.99. The Labute approximate surface area is 147 Å². The van der Waals surface area contributed by atoms with Crippen LogP contribution in [0.4, 0.5) is 4.79 Å². The Morgan fingerprint density at radius 2 is 2.04 bits per heavy atom. The Bertz CT molecular complexity index is 538. The molecule has 2 N–H and O–H groups in total. The molecule has 7 nitrogen and oxygen atoms in total. The van der Waals surface area contributed by atoms with Gasteiger partial charge in [0, 0.05) is 25.7 Å². The number of carboxylic acid groups (broad SMARTS) is 1. The van der Waals surface area contributed by atoms with Gasteiger partial charge in [-0.3, -0.25) is 4.79 Å². The Balaban J connectivity index is 0.00000288. The van der Waals surface area contributed by atoms with Crippen molar-refractivity contribution in [3.63, 3.8) is 0 Å². The maximum atomic E-state index is 11.2. The number of benzene rings is 1. The zero-order valence-corrected chi connectivity index (χ0v) is 14.4. The van der Waals surface area contributed by atoms with E-state index in [0.29, 0.717) is 26.2 Å². The molecule has 24 heavy (non-hydrogen) atoms. The molecule has 8 heteroatoms. The molecule has 0 aliphatic carbocycles. The molecule has 0 aromatic heterocycles. The van der Waals surface area contributed by atoms with Gasteiger partial charge in [-0.2, -0.15) is 0 Å². The number of piperazine rings is 1. The van der Waals surface area contributed by atoms with Gasteiger partial charge >= 0.3 is 12.1 Å². The Morgan fingerprint density at radius 1 is 1.33 bits per heavy atom. The zero-order chi connectivity index (χ0) is 16.7. The number of methoxy groups -OCH3 is 1. The minimum absolute atomic E-state index is 0. The number of nitrogens with zero attached hydrogens (tertiary/aromatic N) is 1. The molecule has 1 aliphatic heterocycles. The van der Waals surface area contributed by atoms with Crippen molar-refractivity contribution in [3.8, 4) is 5.75 Å². The zero-order valence-electron chi connectivity index (χ0n) is 13.6. The van der Waals surface area contributed by atoms with Crippen molar-refractivity contribution in [1.82, 2.24) is 10.2 Å². The van der Waals surface area contributed by atoms with Gasteiger partial charge in [-0.1, -0.05) is 12.1 Å². The van der Waals surface area contributed by atoms with Crippen LogP contribution in [0.3, 0.4) is 0 Å². The number of carbonyl (C=O) groups is 2. The van der Waals surface area contributed by atoms with Gasteiger partial charge in [-0.15, -0.1) is 12.4 Å². The van der Waals surface area contributed by atoms with Gasteiger partial charge in [-0.25, -0.2) is 4.79 Å². The lowest BCUT2D eigenvalue weighted by Gasteiger charge is -2.31. The van der Waals surface area contributed by atoms with Crippen LogP contribution < -0.4 is 10.1 Å². The summed E-state index contributed by atoms with van der Waals surface area (Å²) in [6.07, 6.45) is 0.0974. The van der Waals surface area contributed by atoms with Gasteiger partial charge < -0.3 is 24.8 Å². The molecule has 1 aromatic carbocycles. The molecule has 134 valence electrons. The molecule has 0 saturated carbocycles. The third kappa shape index (κ3) is 6.25. The summed E-state index contributed by atoms with van der Waals surface area (Å²) in [5, 5.41) is 12.3. The van der Waals surface area contributed by atoms with Crippen molar-refractivity contribution in [3.05, 3.63) is 29.8 Å². The first-order chi connectivity index (χ1) is 11.1. The van der Waals surface area contributed by atoms with E-state index < -0.39 is 6.09 Å². The van der Waals surface area contributed by atoms with Crippen LogP contribution in [0, 0.1) is 0 Å². The number of carbonyl (C=O) groups excluding carboxylic acids is 1. The molecule has 0 spiro atoms. The van der Waals surface area contributed by atoms with Gasteiger partial charge in [0.05, 0.1) is 20.1 Å². The number of nitrogens with one attached hydrogen (secondary N) is 1. The molecule has 1 amide bonds. The Kier molecular flexibility index (Phi) is 8.35. The van der Waals surface area contributed by atoms with E-state index >= 15 is 0 Å². The largest absolute Gasteiger partial charge is 0.494 e. The summed E-state index contributed by atoms with van der Waals surface area (Å²) in [4.78, 5) is 23.6. The molecular weight excluding hydrogens is 336 g/mol. The second-order valence-corrected chi connectivity index (χ2v) is 5.41. The van der Waals surface area contributed by atoms with Gasteiger partial charge in [0.1, 0.15) is 5.75 Å². The molecule has 1 aromatic rings. The third-order valence-corrected chi connectivity index (χ3v) is 3.76. The molecule has 1 heterocycles. The summed E-state index contributed by atoms with van der Waals surface area (Å²) >= 11 is 0. The molecule has 1 aliphatic rings. The van der Waals surface area contributed by atoms with E-state index in [1.54, 1.807) is 0 Å². The molecule has 1 fully saturated rings. The highest BCUT2D eigenvalue weighted by molar-refractivity contribution is 5.85. The topological polar surface area (TPSA) is 88.1 Å². The number of ether oxygens (including phenoxy) is 2. The number of hydrogen-bond acceptors (Lipinski definition) is 5. The van der Waals surface area contributed by atoms with E-state index in [1.807, 2.05) is 24.3 Å². The van der Waals surface area contributed by atoms with Crippen molar-refractivity contribution in [2.24, 2.45) is 0 Å². The number of rotatable bonds is 6. The molecule has 0 unspecified atom stereocenters. The fraction of sp³-hybridized carbons (Fsp3) is 0.500. The first-order valence-electron chi connectivity index (χ1n) is 7.58. The number of halogens is 1. The molecule has 0 bridgehead atoms. The molecule has 2 rings (SSSR count). The average Bonchev–Trinajstić information content (AvgIpc) is 2.56. The molecule has 1 atom stereocenters. The summed E-state index contributed by atoms with van der Waals surface area (Å²) in [5.74, 6) is 0.453. The number of amides is 1. The fourth-order valence-corrected chi connectivity index (χ4v) is 2.45. The number of esters is 1. The van der Waals surface area contributed by atoms with E-state index in [4.69, 9.17) is 9.84 Å². The van der Waals surface area contributed by atoms with Crippen molar-refractivity contribution < 1.29 is 24.2 Å². The van der Waals surface area contributed by atoms with Gasteiger partial charge in [-0.05, 0) is 24.1 Å². The van der Waals surface area contributed by atoms with Gasteiger partial charge in [0.2, 0.25) is 0 Å². The first kappa shape index (κ1) is 20.1. The summed E-state index contributed by atoms with van der Waals surface area (Å²) in [7, 11) is 1.37. The van der Waals surface area contributed by atoms with E-state index in [0.717, 1.165) is 17.7 Å². The monoisotopic (exact) mass is 358 g/mol. The van der Waals surface area contributed by atoms with Crippen LogP contribution in [-0.2, 0) is 16.0 Å². The second kappa shape index (κ2) is 10.00. The van der Waals surface area contributed by atoms with Crippen molar-refractivity contribution in [2.75, 3.05) is 33.4 Å². The minimum Gasteiger partial charge on any atom is -0.494 e. The molecular formula is C16H23ClN2O5. The average molecular weight is 359 g/mol. The third-order valence-electron chi connectivity index (χ3n) is 3.76. The number of hydrogen-bond donors (Lipinski definition) is 2. The summed E-state index contributed by atoms with van der Waals surface area (Å²) < 4.78 is 10.3. The van der Waals surface area contributed by atoms with E-state index in [1.165, 1.54) is 12.0 Å². The lowest BCUT2D eigenvalue weighted by atomic mass is 10.1. The van der Waals surface area contributed by atoms with Crippen LogP contribution in [0.5, 0.6) is 5.75 Å². The second-order valence-electron chi connectivity index (χ2n) is 5.41. The smallest absolute Gasteiger partial charge is 0.407 e.